The molecule has 1 saturated heterocycles. The van der Waals surface area contributed by atoms with E-state index in [-0.39, 0.29) is 17.5 Å². The minimum atomic E-state index is -0.475. The van der Waals surface area contributed by atoms with Crippen molar-refractivity contribution in [2.24, 2.45) is 7.05 Å². The summed E-state index contributed by atoms with van der Waals surface area (Å²) in [6, 6.07) is 10.4. The Morgan fingerprint density at radius 3 is 2.30 bits per heavy atom. The van der Waals surface area contributed by atoms with Crippen LogP contribution >= 0.6 is 0 Å². The third-order valence-electron chi connectivity index (χ3n) is 4.93. The maximum absolute atomic E-state index is 13.0. The second kappa shape index (κ2) is 6.83. The molecule has 138 valence electrons. The van der Waals surface area contributed by atoms with E-state index in [4.69, 9.17) is 0 Å². The van der Waals surface area contributed by atoms with Crippen molar-refractivity contribution >= 4 is 22.7 Å². The Balaban J connectivity index is 1.46. The number of halogens is 1. The maximum Gasteiger partial charge on any atom is 0.272 e. The molecule has 1 aliphatic rings. The molecule has 0 atom stereocenters. The average molecular weight is 366 g/mol. The fourth-order valence-corrected chi connectivity index (χ4v) is 3.46. The largest absolute Gasteiger partial charge is 0.350 e. The number of carbonyl (C=O) groups is 2. The van der Waals surface area contributed by atoms with Gasteiger partial charge in [-0.05, 0) is 18.2 Å². The van der Waals surface area contributed by atoms with Crippen LogP contribution in [0.15, 0.2) is 48.8 Å². The molecule has 0 N–H and O–H groups in total. The summed E-state index contributed by atoms with van der Waals surface area (Å²) in [7, 11) is 1.92. The van der Waals surface area contributed by atoms with Gasteiger partial charge in [0.05, 0.1) is 11.8 Å². The SMILES string of the molecule is Cn1cc(C(=O)N2CCN(C(=O)c3ccc(F)cn3)CC2)c2ccccc21. The number of carbonyl (C=O) groups excluding carboxylic acids is 2. The highest BCUT2D eigenvalue weighted by Crippen LogP contribution is 2.22. The van der Waals surface area contributed by atoms with Crippen LogP contribution < -0.4 is 0 Å². The number of pyridine rings is 1. The van der Waals surface area contributed by atoms with E-state index in [1.54, 1.807) is 9.80 Å². The molecule has 0 spiro atoms. The van der Waals surface area contributed by atoms with Crippen LogP contribution in [0.5, 0.6) is 0 Å². The van der Waals surface area contributed by atoms with Crippen molar-refractivity contribution in [3.63, 3.8) is 0 Å². The fraction of sp³-hybridized carbons (Fsp3) is 0.250. The highest BCUT2D eigenvalue weighted by molar-refractivity contribution is 6.07. The van der Waals surface area contributed by atoms with Gasteiger partial charge in [0.15, 0.2) is 0 Å². The van der Waals surface area contributed by atoms with Crippen LogP contribution in [-0.4, -0.2) is 57.3 Å². The van der Waals surface area contributed by atoms with Gasteiger partial charge in [0, 0.05) is 50.3 Å². The van der Waals surface area contributed by atoms with Gasteiger partial charge in [-0.1, -0.05) is 18.2 Å². The number of hydrogen-bond donors (Lipinski definition) is 0. The fourth-order valence-electron chi connectivity index (χ4n) is 3.46. The summed E-state index contributed by atoms with van der Waals surface area (Å²) in [5.41, 5.74) is 1.90. The monoisotopic (exact) mass is 366 g/mol. The molecule has 3 aromatic rings. The van der Waals surface area contributed by atoms with Crippen LogP contribution in [0.25, 0.3) is 10.9 Å². The first-order valence-corrected chi connectivity index (χ1v) is 8.79. The Hall–Kier alpha value is -3.22. The van der Waals surface area contributed by atoms with Gasteiger partial charge in [0.25, 0.3) is 11.8 Å². The molecule has 4 rings (SSSR count). The van der Waals surface area contributed by atoms with E-state index < -0.39 is 5.82 Å². The molecule has 1 fully saturated rings. The predicted molar refractivity (Wildman–Crippen MR) is 98.9 cm³/mol. The summed E-state index contributed by atoms with van der Waals surface area (Å²) in [4.78, 5) is 32.7. The quantitative estimate of drug-likeness (QED) is 0.699. The highest BCUT2D eigenvalue weighted by Gasteiger charge is 2.27. The lowest BCUT2D eigenvalue weighted by Crippen LogP contribution is -2.50. The Morgan fingerprint density at radius 1 is 0.963 bits per heavy atom. The zero-order valence-electron chi connectivity index (χ0n) is 14.9. The number of benzene rings is 1. The first-order valence-electron chi connectivity index (χ1n) is 8.79. The number of fused-ring (bicyclic) bond motifs is 1. The summed E-state index contributed by atoms with van der Waals surface area (Å²) in [6.45, 7) is 1.76. The topological polar surface area (TPSA) is 58.4 Å². The van der Waals surface area contributed by atoms with Crippen LogP contribution in [0.3, 0.4) is 0 Å². The molecule has 0 bridgehead atoms. The van der Waals surface area contributed by atoms with E-state index in [1.165, 1.54) is 12.1 Å². The molecule has 6 nitrogen and oxygen atoms in total. The Morgan fingerprint density at radius 2 is 1.63 bits per heavy atom. The van der Waals surface area contributed by atoms with Crippen molar-refractivity contribution in [2.45, 2.75) is 0 Å². The summed E-state index contributed by atoms with van der Waals surface area (Å²) < 4.78 is 14.9. The van der Waals surface area contributed by atoms with E-state index in [0.717, 1.165) is 17.1 Å². The van der Waals surface area contributed by atoms with E-state index in [2.05, 4.69) is 4.98 Å². The Kier molecular flexibility index (Phi) is 4.35. The molecule has 3 heterocycles. The second-order valence-electron chi connectivity index (χ2n) is 6.62. The average Bonchev–Trinajstić information content (AvgIpc) is 3.05. The molecule has 2 amide bonds. The van der Waals surface area contributed by atoms with Crippen LogP contribution in [-0.2, 0) is 7.05 Å². The standard InChI is InChI=1S/C20H19FN4O2/c1-23-13-16(15-4-2-3-5-18(15)23)19(26)24-8-10-25(11-9-24)20(27)17-7-6-14(21)12-22-17/h2-7,12-13H,8-11H2,1H3. The number of para-hydroxylation sites is 1. The number of rotatable bonds is 2. The first-order chi connectivity index (χ1) is 13.0. The molecule has 2 aromatic heterocycles. The van der Waals surface area contributed by atoms with Gasteiger partial charge in [0.1, 0.15) is 11.5 Å². The van der Waals surface area contributed by atoms with Crippen molar-refractivity contribution in [3.8, 4) is 0 Å². The maximum atomic E-state index is 13.0. The molecule has 1 aliphatic heterocycles. The summed E-state index contributed by atoms with van der Waals surface area (Å²) >= 11 is 0. The molecule has 7 heteroatoms. The number of hydrogen-bond acceptors (Lipinski definition) is 3. The van der Waals surface area contributed by atoms with Crippen molar-refractivity contribution in [2.75, 3.05) is 26.2 Å². The summed E-state index contributed by atoms with van der Waals surface area (Å²) in [5.74, 6) is -0.747. The predicted octanol–water partition coefficient (Wildman–Crippen LogP) is 2.31. The van der Waals surface area contributed by atoms with E-state index in [1.807, 2.05) is 42.1 Å². The van der Waals surface area contributed by atoms with Crippen molar-refractivity contribution in [3.05, 3.63) is 65.9 Å². The van der Waals surface area contributed by atoms with Gasteiger partial charge in [-0.25, -0.2) is 9.37 Å². The summed E-state index contributed by atoms with van der Waals surface area (Å²) in [5, 5.41) is 0.930. The third kappa shape index (κ3) is 3.16. The number of aryl methyl sites for hydroxylation is 1. The van der Waals surface area contributed by atoms with Gasteiger partial charge in [-0.15, -0.1) is 0 Å². The van der Waals surface area contributed by atoms with Crippen LogP contribution in [0, 0.1) is 5.82 Å². The molecule has 0 saturated carbocycles. The zero-order chi connectivity index (χ0) is 19.0. The molecule has 0 unspecified atom stereocenters. The van der Waals surface area contributed by atoms with Crippen molar-refractivity contribution < 1.29 is 14.0 Å². The van der Waals surface area contributed by atoms with Crippen LogP contribution in [0.4, 0.5) is 4.39 Å². The normalized spacial score (nSPS) is 14.6. The summed E-state index contributed by atoms with van der Waals surface area (Å²) in [6.07, 6.45) is 2.89. The van der Waals surface area contributed by atoms with Gasteiger partial charge in [-0.2, -0.15) is 0 Å². The van der Waals surface area contributed by atoms with E-state index in [0.29, 0.717) is 31.7 Å². The van der Waals surface area contributed by atoms with E-state index >= 15 is 0 Å². The molecule has 0 radical (unpaired) electrons. The molecule has 0 aliphatic carbocycles. The zero-order valence-corrected chi connectivity index (χ0v) is 14.9. The number of nitrogens with zero attached hydrogens (tertiary/aromatic N) is 4. The lowest BCUT2D eigenvalue weighted by atomic mass is 10.1. The number of aromatic nitrogens is 2. The number of piperazine rings is 1. The Labute approximate surface area is 155 Å². The second-order valence-corrected chi connectivity index (χ2v) is 6.62. The van der Waals surface area contributed by atoms with Crippen LogP contribution in [0.1, 0.15) is 20.8 Å². The third-order valence-corrected chi connectivity index (χ3v) is 4.93. The highest BCUT2D eigenvalue weighted by atomic mass is 19.1. The van der Waals surface area contributed by atoms with Crippen LogP contribution in [0.2, 0.25) is 0 Å². The van der Waals surface area contributed by atoms with Gasteiger partial charge in [-0.3, -0.25) is 9.59 Å². The van der Waals surface area contributed by atoms with Gasteiger partial charge < -0.3 is 14.4 Å². The Bertz CT molecular complexity index is 1000. The minimum Gasteiger partial charge on any atom is -0.350 e. The smallest absolute Gasteiger partial charge is 0.272 e. The lowest BCUT2D eigenvalue weighted by molar-refractivity contribution is 0.0533. The van der Waals surface area contributed by atoms with Crippen molar-refractivity contribution in [1.82, 2.24) is 19.4 Å². The number of amides is 2. The van der Waals surface area contributed by atoms with E-state index in [9.17, 15) is 14.0 Å². The first kappa shape index (κ1) is 17.2. The molecule has 27 heavy (non-hydrogen) atoms. The van der Waals surface area contributed by atoms with Gasteiger partial charge in [0.2, 0.25) is 0 Å². The lowest BCUT2D eigenvalue weighted by Gasteiger charge is -2.34. The van der Waals surface area contributed by atoms with Gasteiger partial charge >= 0.3 is 0 Å². The minimum absolute atomic E-state index is 0.0289. The van der Waals surface area contributed by atoms with Crippen molar-refractivity contribution in [1.29, 1.82) is 0 Å². The molecule has 1 aromatic carbocycles. The molecular formula is C20H19FN4O2. The molecular weight excluding hydrogens is 347 g/mol.